The van der Waals surface area contributed by atoms with E-state index in [4.69, 9.17) is 0 Å². The van der Waals surface area contributed by atoms with Gasteiger partial charge in [-0.25, -0.2) is 0 Å². The molecule has 5 rings (SSSR count). The van der Waals surface area contributed by atoms with Crippen LogP contribution >= 0.6 is 0 Å². The van der Waals surface area contributed by atoms with E-state index >= 15 is 0 Å². The minimum Gasteiger partial charge on any atom is -0.396 e. The Morgan fingerprint density at radius 1 is 0.778 bits per heavy atom. The Morgan fingerprint density at radius 3 is 2.06 bits per heavy atom. The van der Waals surface area contributed by atoms with E-state index in [-0.39, 0.29) is 41.3 Å². The molecule has 0 amide bonds. The molecule has 0 aliphatic heterocycles. The van der Waals surface area contributed by atoms with Crippen LogP contribution in [-0.2, 0) is 0 Å². The highest BCUT2D eigenvalue weighted by atomic mass is 16.3. The standard InChI is InChI=1S/C30H50O6/c1-25(2)13-18-17-7-8-20-26(3)11-10-21(33)27(4,15-31)19(26)9-12-28(20,5)29(17,6)14-22(34)30(18,16-32)24(36)23(25)35/h7,18-24,31-36H,8-16H2,1-6H3/t18-,19?,20-,21+,22-,23+,24+,26+,27-,28-,29-,30+/m1/s1. The van der Waals surface area contributed by atoms with Gasteiger partial charge >= 0.3 is 0 Å². The number of allylic oxidation sites excluding steroid dienone is 2. The zero-order valence-electron chi connectivity index (χ0n) is 23.2. The highest BCUT2D eigenvalue weighted by Gasteiger charge is 2.72. The van der Waals surface area contributed by atoms with E-state index in [1.54, 1.807) is 0 Å². The Hall–Kier alpha value is -0.500. The SMILES string of the molecule is CC1(C)C[C@@H]2C3=CC[C@@H]4[C@@]5(C)CC[C@H](O)[C@](C)(CO)C5CC[C@@]4(C)[C@]3(C)C[C@@H](O)[C@@]2(CO)[C@@H](O)[C@@H]1O. The molecule has 0 saturated heterocycles. The van der Waals surface area contributed by atoms with Crippen LogP contribution in [0, 0.1) is 50.2 Å². The molecule has 6 N–H and O–H groups in total. The summed E-state index contributed by atoms with van der Waals surface area (Å²) < 4.78 is 0. The third-order valence-corrected chi connectivity index (χ3v) is 13.5. The lowest BCUT2D eigenvalue weighted by atomic mass is 9.33. The maximum absolute atomic E-state index is 11.8. The van der Waals surface area contributed by atoms with Gasteiger partial charge in [-0.15, -0.1) is 0 Å². The molecule has 6 nitrogen and oxygen atoms in total. The Labute approximate surface area is 216 Å². The van der Waals surface area contributed by atoms with Crippen LogP contribution in [0.1, 0.15) is 86.5 Å². The van der Waals surface area contributed by atoms with Gasteiger partial charge in [0.25, 0.3) is 0 Å². The van der Waals surface area contributed by atoms with E-state index in [1.807, 2.05) is 13.8 Å². The number of aliphatic hydroxyl groups is 6. The molecule has 12 atom stereocenters. The van der Waals surface area contributed by atoms with Crippen LogP contribution in [0.25, 0.3) is 0 Å². The lowest BCUT2D eigenvalue weighted by Crippen LogP contribution is -2.71. The summed E-state index contributed by atoms with van der Waals surface area (Å²) in [5.74, 6) is 0.367. The first-order valence-corrected chi connectivity index (χ1v) is 14.2. The van der Waals surface area contributed by atoms with Crippen LogP contribution in [0.3, 0.4) is 0 Å². The predicted octanol–water partition coefficient (Wildman–Crippen LogP) is 3.03. The van der Waals surface area contributed by atoms with Gasteiger partial charge in [0.05, 0.1) is 43.0 Å². The second-order valence-corrected chi connectivity index (χ2v) is 15.1. The average molecular weight is 507 g/mol. The number of fused-ring (bicyclic) bond motifs is 7. The second-order valence-electron chi connectivity index (χ2n) is 15.1. The van der Waals surface area contributed by atoms with E-state index in [9.17, 15) is 30.6 Å². The topological polar surface area (TPSA) is 121 Å². The second kappa shape index (κ2) is 8.02. The molecule has 0 bridgehead atoms. The van der Waals surface area contributed by atoms with E-state index in [2.05, 4.69) is 33.8 Å². The van der Waals surface area contributed by atoms with Crippen molar-refractivity contribution in [3.63, 3.8) is 0 Å². The first-order valence-electron chi connectivity index (χ1n) is 14.2. The van der Waals surface area contributed by atoms with Gasteiger partial charge in [0.2, 0.25) is 0 Å². The number of hydrogen-bond acceptors (Lipinski definition) is 6. The molecule has 206 valence electrons. The first kappa shape index (κ1) is 27.1. The minimum atomic E-state index is -1.19. The molecule has 36 heavy (non-hydrogen) atoms. The molecule has 0 aromatic heterocycles. The monoisotopic (exact) mass is 506 g/mol. The molecule has 5 aliphatic carbocycles. The van der Waals surface area contributed by atoms with Crippen LogP contribution in [0.4, 0.5) is 0 Å². The highest BCUT2D eigenvalue weighted by molar-refractivity contribution is 5.36. The quantitative estimate of drug-likeness (QED) is 0.320. The molecule has 4 saturated carbocycles. The Morgan fingerprint density at radius 2 is 1.44 bits per heavy atom. The summed E-state index contributed by atoms with van der Waals surface area (Å²) in [6.07, 6.45) is 4.21. The van der Waals surface area contributed by atoms with Gasteiger partial charge in [-0.2, -0.15) is 0 Å². The van der Waals surface area contributed by atoms with Crippen LogP contribution in [-0.4, -0.2) is 68.3 Å². The summed E-state index contributed by atoms with van der Waals surface area (Å²) in [6.45, 7) is 12.7. The Kier molecular flexibility index (Phi) is 6.03. The summed E-state index contributed by atoms with van der Waals surface area (Å²) in [6, 6.07) is 0. The maximum Gasteiger partial charge on any atom is 0.0913 e. The summed E-state index contributed by atoms with van der Waals surface area (Å²) in [4.78, 5) is 0. The molecule has 1 unspecified atom stereocenters. The summed E-state index contributed by atoms with van der Waals surface area (Å²) >= 11 is 0. The molecule has 5 aliphatic rings. The summed E-state index contributed by atoms with van der Waals surface area (Å²) in [7, 11) is 0. The molecule has 0 heterocycles. The fourth-order valence-corrected chi connectivity index (χ4v) is 10.9. The largest absolute Gasteiger partial charge is 0.396 e. The normalized spacial score (nSPS) is 58.1. The lowest BCUT2D eigenvalue weighted by molar-refractivity contribution is -0.259. The number of rotatable bonds is 2. The van der Waals surface area contributed by atoms with Crippen molar-refractivity contribution in [2.24, 2.45) is 50.2 Å². The summed E-state index contributed by atoms with van der Waals surface area (Å²) in [5, 5.41) is 66.1. The summed E-state index contributed by atoms with van der Waals surface area (Å²) in [5.41, 5.74) is -1.40. The van der Waals surface area contributed by atoms with E-state index in [0.717, 1.165) is 25.7 Å². The van der Waals surface area contributed by atoms with Crippen molar-refractivity contribution < 1.29 is 30.6 Å². The molecule has 0 spiro atoms. The van der Waals surface area contributed by atoms with Crippen molar-refractivity contribution >= 4 is 0 Å². The van der Waals surface area contributed by atoms with Gasteiger partial charge in [-0.05, 0) is 84.4 Å². The number of aliphatic hydroxyl groups excluding tert-OH is 6. The van der Waals surface area contributed by atoms with Gasteiger partial charge < -0.3 is 30.6 Å². The van der Waals surface area contributed by atoms with Gasteiger partial charge in [0.1, 0.15) is 0 Å². The van der Waals surface area contributed by atoms with Gasteiger partial charge in [0.15, 0.2) is 0 Å². The first-order chi connectivity index (χ1) is 16.6. The van der Waals surface area contributed by atoms with Gasteiger partial charge in [-0.1, -0.05) is 53.2 Å². The lowest BCUT2D eigenvalue weighted by Gasteiger charge is -2.72. The van der Waals surface area contributed by atoms with Gasteiger partial charge in [0, 0.05) is 5.41 Å². The fourth-order valence-electron chi connectivity index (χ4n) is 10.9. The van der Waals surface area contributed by atoms with Crippen LogP contribution in [0.5, 0.6) is 0 Å². The van der Waals surface area contributed by atoms with Crippen molar-refractivity contribution in [3.05, 3.63) is 11.6 Å². The molecule has 0 aromatic rings. The average Bonchev–Trinajstić information content (AvgIpc) is 2.81. The third kappa shape index (κ3) is 2.95. The Bertz CT molecular complexity index is 932. The minimum absolute atomic E-state index is 0.00861. The van der Waals surface area contributed by atoms with Crippen molar-refractivity contribution in [1.29, 1.82) is 0 Å². The zero-order valence-corrected chi connectivity index (χ0v) is 23.2. The van der Waals surface area contributed by atoms with Crippen molar-refractivity contribution in [2.45, 2.75) is 111 Å². The predicted molar refractivity (Wildman–Crippen MR) is 138 cm³/mol. The van der Waals surface area contributed by atoms with Gasteiger partial charge in [-0.3, -0.25) is 0 Å². The third-order valence-electron chi connectivity index (χ3n) is 13.5. The molecule has 0 radical (unpaired) electrons. The molecule has 6 heteroatoms. The molecule has 4 fully saturated rings. The molecular weight excluding hydrogens is 456 g/mol. The molecule has 0 aromatic carbocycles. The van der Waals surface area contributed by atoms with Crippen LogP contribution < -0.4 is 0 Å². The number of hydrogen-bond donors (Lipinski definition) is 6. The smallest absolute Gasteiger partial charge is 0.0913 e. The highest BCUT2D eigenvalue weighted by Crippen LogP contribution is 2.75. The van der Waals surface area contributed by atoms with Crippen molar-refractivity contribution in [3.8, 4) is 0 Å². The van der Waals surface area contributed by atoms with Crippen LogP contribution in [0.15, 0.2) is 11.6 Å². The van der Waals surface area contributed by atoms with E-state index in [1.165, 1.54) is 5.57 Å². The maximum atomic E-state index is 11.8. The zero-order chi connectivity index (χ0) is 26.7. The van der Waals surface area contributed by atoms with E-state index in [0.29, 0.717) is 25.2 Å². The van der Waals surface area contributed by atoms with Crippen molar-refractivity contribution in [1.82, 2.24) is 0 Å². The Balaban J connectivity index is 1.63. The van der Waals surface area contributed by atoms with E-state index < -0.39 is 40.7 Å². The van der Waals surface area contributed by atoms with Crippen LogP contribution in [0.2, 0.25) is 0 Å². The van der Waals surface area contributed by atoms with Crippen molar-refractivity contribution in [2.75, 3.05) is 13.2 Å². The molecular formula is C30H50O6. The fraction of sp³-hybridized carbons (Fsp3) is 0.933.